The highest BCUT2D eigenvalue weighted by Crippen LogP contribution is 2.25. The Morgan fingerprint density at radius 3 is 2.75 bits per heavy atom. The van der Waals surface area contributed by atoms with E-state index in [9.17, 15) is 9.59 Å². The molecule has 1 N–H and O–H groups in total. The van der Waals surface area contributed by atoms with E-state index in [0.29, 0.717) is 0 Å². The monoisotopic (exact) mass is 324 g/mol. The highest BCUT2D eigenvalue weighted by molar-refractivity contribution is 6.16. The third-order valence-electron chi connectivity index (χ3n) is 3.45. The smallest absolute Gasteiger partial charge is 0.343 e. The number of esters is 1. The molecular formula is C19H20N2O3. The Morgan fingerprint density at radius 1 is 1.29 bits per heavy atom. The molecule has 0 spiro atoms. The van der Waals surface area contributed by atoms with Crippen molar-refractivity contribution >= 4 is 17.4 Å². The summed E-state index contributed by atoms with van der Waals surface area (Å²) in [5.41, 5.74) is 3.93. The van der Waals surface area contributed by atoms with Crippen molar-refractivity contribution in [3.8, 4) is 11.1 Å². The van der Waals surface area contributed by atoms with Gasteiger partial charge in [-0.3, -0.25) is 9.78 Å². The molecular weight excluding hydrogens is 304 g/mol. The third kappa shape index (κ3) is 4.29. The Morgan fingerprint density at radius 2 is 2.08 bits per heavy atom. The molecule has 0 radical (unpaired) electrons. The van der Waals surface area contributed by atoms with Crippen LogP contribution >= 0.6 is 0 Å². The third-order valence-corrected chi connectivity index (χ3v) is 3.45. The number of benzene rings is 1. The van der Waals surface area contributed by atoms with Gasteiger partial charge in [0.1, 0.15) is 5.57 Å². The van der Waals surface area contributed by atoms with Crippen LogP contribution in [-0.2, 0) is 14.3 Å². The summed E-state index contributed by atoms with van der Waals surface area (Å²) >= 11 is 0. The fourth-order valence-electron chi connectivity index (χ4n) is 2.24. The zero-order valence-corrected chi connectivity index (χ0v) is 14.0. The summed E-state index contributed by atoms with van der Waals surface area (Å²) in [6.07, 6.45) is 4.94. The van der Waals surface area contributed by atoms with Crippen LogP contribution in [0.15, 0.2) is 54.5 Å². The number of ketones is 1. The first-order valence-electron chi connectivity index (χ1n) is 7.68. The number of nitrogens with zero attached hydrogens (tertiary/aromatic N) is 1. The molecule has 1 aromatic heterocycles. The van der Waals surface area contributed by atoms with E-state index in [4.69, 9.17) is 4.74 Å². The summed E-state index contributed by atoms with van der Waals surface area (Å²) in [5, 5.41) is 3.00. The standard InChI is InChI=1S/C19H20N2O3/c1-4-24-19(23)18(14(3)22)12-21-16-7-5-6-15(10-16)17-8-9-20-11-13(17)2/h5-12,21H,4H2,1-3H3. The van der Waals surface area contributed by atoms with Gasteiger partial charge in [0.2, 0.25) is 0 Å². The second-order valence-electron chi connectivity index (χ2n) is 5.25. The fraction of sp³-hybridized carbons (Fsp3) is 0.211. The van der Waals surface area contributed by atoms with Crippen LogP contribution in [0.25, 0.3) is 11.1 Å². The predicted molar refractivity (Wildman–Crippen MR) is 93.4 cm³/mol. The lowest BCUT2D eigenvalue weighted by atomic mass is 10.0. The first-order chi connectivity index (χ1) is 11.5. The van der Waals surface area contributed by atoms with Crippen molar-refractivity contribution in [2.24, 2.45) is 0 Å². The van der Waals surface area contributed by atoms with E-state index in [0.717, 1.165) is 22.4 Å². The lowest BCUT2D eigenvalue weighted by Crippen LogP contribution is -2.15. The molecule has 24 heavy (non-hydrogen) atoms. The largest absolute Gasteiger partial charge is 0.462 e. The SMILES string of the molecule is CCOC(=O)C(=CNc1cccc(-c2ccncc2C)c1)C(C)=O. The topological polar surface area (TPSA) is 68.3 Å². The van der Waals surface area contributed by atoms with Crippen molar-refractivity contribution < 1.29 is 14.3 Å². The molecule has 0 unspecified atom stereocenters. The Balaban J connectivity index is 2.26. The van der Waals surface area contributed by atoms with Gasteiger partial charge in [0.15, 0.2) is 5.78 Å². The number of Topliss-reactive ketones (excluding diaryl/α,β-unsaturated/α-hetero) is 1. The first kappa shape index (κ1) is 17.4. The number of rotatable bonds is 6. The number of aromatic nitrogens is 1. The zero-order valence-electron chi connectivity index (χ0n) is 14.0. The Hall–Kier alpha value is -2.95. The molecule has 0 saturated heterocycles. The second kappa shape index (κ2) is 8.06. The summed E-state index contributed by atoms with van der Waals surface area (Å²) in [6.45, 7) is 5.25. The second-order valence-corrected chi connectivity index (χ2v) is 5.25. The van der Waals surface area contributed by atoms with E-state index in [1.807, 2.05) is 43.5 Å². The summed E-state index contributed by atoms with van der Waals surface area (Å²) in [5.74, 6) is -0.972. The van der Waals surface area contributed by atoms with E-state index in [-0.39, 0.29) is 18.0 Å². The lowest BCUT2D eigenvalue weighted by molar-refractivity contribution is -0.139. The molecule has 0 bridgehead atoms. The van der Waals surface area contributed by atoms with Gasteiger partial charge in [0.05, 0.1) is 6.61 Å². The summed E-state index contributed by atoms with van der Waals surface area (Å²) in [4.78, 5) is 27.5. The van der Waals surface area contributed by atoms with E-state index < -0.39 is 5.97 Å². The van der Waals surface area contributed by atoms with Crippen LogP contribution < -0.4 is 5.32 Å². The highest BCUT2D eigenvalue weighted by Gasteiger charge is 2.15. The number of aryl methyl sites for hydroxylation is 1. The molecule has 0 aliphatic carbocycles. The average Bonchev–Trinajstić information content (AvgIpc) is 2.55. The zero-order chi connectivity index (χ0) is 17.5. The molecule has 0 aliphatic heterocycles. The van der Waals surface area contributed by atoms with Crippen LogP contribution in [0, 0.1) is 6.92 Å². The molecule has 1 aromatic carbocycles. The Labute approximate surface area is 141 Å². The van der Waals surface area contributed by atoms with Crippen molar-refractivity contribution in [3.05, 3.63) is 60.1 Å². The minimum absolute atomic E-state index is 0.0117. The van der Waals surface area contributed by atoms with E-state index >= 15 is 0 Å². The number of hydrogen-bond donors (Lipinski definition) is 1. The van der Waals surface area contributed by atoms with Crippen molar-refractivity contribution in [2.75, 3.05) is 11.9 Å². The van der Waals surface area contributed by atoms with Crippen molar-refractivity contribution in [1.29, 1.82) is 0 Å². The molecule has 0 atom stereocenters. The molecule has 2 rings (SSSR count). The van der Waals surface area contributed by atoms with Gasteiger partial charge in [-0.15, -0.1) is 0 Å². The number of carbonyl (C=O) groups excluding carboxylic acids is 2. The molecule has 5 heteroatoms. The van der Waals surface area contributed by atoms with Crippen LogP contribution in [0.4, 0.5) is 5.69 Å². The Bertz CT molecular complexity index is 782. The molecule has 0 aliphatic rings. The molecule has 1 heterocycles. The maximum Gasteiger partial charge on any atom is 0.343 e. The van der Waals surface area contributed by atoms with Gasteiger partial charge >= 0.3 is 5.97 Å². The van der Waals surface area contributed by atoms with Gasteiger partial charge in [-0.2, -0.15) is 0 Å². The van der Waals surface area contributed by atoms with E-state index in [2.05, 4.69) is 10.3 Å². The van der Waals surface area contributed by atoms with E-state index in [1.54, 1.807) is 13.1 Å². The maximum atomic E-state index is 11.8. The van der Waals surface area contributed by atoms with E-state index in [1.165, 1.54) is 13.1 Å². The fourth-order valence-corrected chi connectivity index (χ4v) is 2.24. The first-order valence-corrected chi connectivity index (χ1v) is 7.68. The molecule has 5 nitrogen and oxygen atoms in total. The van der Waals surface area contributed by atoms with Gasteiger partial charge in [-0.05, 0) is 55.7 Å². The minimum atomic E-state index is -0.626. The molecule has 0 amide bonds. The number of pyridine rings is 1. The number of nitrogens with one attached hydrogen (secondary N) is 1. The molecule has 2 aromatic rings. The van der Waals surface area contributed by atoms with Crippen LogP contribution in [0.3, 0.4) is 0 Å². The lowest BCUT2D eigenvalue weighted by Gasteiger charge is -2.09. The van der Waals surface area contributed by atoms with Crippen molar-refractivity contribution in [2.45, 2.75) is 20.8 Å². The molecule has 0 saturated carbocycles. The van der Waals surface area contributed by atoms with Crippen molar-refractivity contribution in [3.63, 3.8) is 0 Å². The van der Waals surface area contributed by atoms with Gasteiger partial charge in [0, 0.05) is 24.3 Å². The van der Waals surface area contributed by atoms with Gasteiger partial charge in [-0.1, -0.05) is 12.1 Å². The van der Waals surface area contributed by atoms with Crippen LogP contribution in [0.5, 0.6) is 0 Å². The number of carbonyl (C=O) groups is 2. The van der Waals surface area contributed by atoms with Gasteiger partial charge in [-0.25, -0.2) is 4.79 Å². The predicted octanol–water partition coefficient (Wildman–Crippen LogP) is 3.50. The highest BCUT2D eigenvalue weighted by atomic mass is 16.5. The number of anilines is 1. The van der Waals surface area contributed by atoms with Crippen LogP contribution in [0.1, 0.15) is 19.4 Å². The summed E-state index contributed by atoms with van der Waals surface area (Å²) in [6, 6.07) is 9.66. The number of hydrogen-bond acceptors (Lipinski definition) is 5. The minimum Gasteiger partial charge on any atom is -0.462 e. The summed E-state index contributed by atoms with van der Waals surface area (Å²) < 4.78 is 4.89. The van der Waals surface area contributed by atoms with Crippen molar-refractivity contribution in [1.82, 2.24) is 4.98 Å². The maximum absolute atomic E-state index is 11.8. The quantitative estimate of drug-likeness (QED) is 0.381. The number of ether oxygens (including phenoxy) is 1. The van der Waals surface area contributed by atoms with Gasteiger partial charge in [0.25, 0.3) is 0 Å². The normalized spacial score (nSPS) is 11.0. The molecule has 124 valence electrons. The average molecular weight is 324 g/mol. The van der Waals surface area contributed by atoms with Crippen LogP contribution in [0.2, 0.25) is 0 Å². The van der Waals surface area contributed by atoms with Crippen LogP contribution in [-0.4, -0.2) is 23.3 Å². The summed E-state index contributed by atoms with van der Waals surface area (Å²) in [7, 11) is 0. The molecule has 0 fully saturated rings. The Kier molecular flexibility index (Phi) is 5.84. The van der Waals surface area contributed by atoms with Gasteiger partial charge < -0.3 is 10.1 Å².